The molecule has 0 atom stereocenters. The summed E-state index contributed by atoms with van der Waals surface area (Å²) in [6.45, 7) is 4.12. The molecule has 0 bridgehead atoms. The van der Waals surface area contributed by atoms with E-state index in [0.29, 0.717) is 11.1 Å². The molecule has 1 rings (SSSR count). The first kappa shape index (κ1) is 15.0. The van der Waals surface area contributed by atoms with Crippen LogP contribution in [0.5, 0.6) is 0 Å². The van der Waals surface area contributed by atoms with Gasteiger partial charge in [-0.05, 0) is 25.0 Å². The van der Waals surface area contributed by atoms with Crippen LogP contribution in [0.1, 0.15) is 42.6 Å². The summed E-state index contributed by atoms with van der Waals surface area (Å²) < 4.78 is 0. The van der Waals surface area contributed by atoms with Crippen LogP contribution >= 0.6 is 0 Å². The number of carbonyl (C=O) groups is 1. The zero-order valence-corrected chi connectivity index (χ0v) is 11.6. The molecule has 0 fully saturated rings. The van der Waals surface area contributed by atoms with E-state index in [1.54, 1.807) is 36.2 Å². The van der Waals surface area contributed by atoms with E-state index in [4.69, 9.17) is 10.9 Å². The molecular weight excluding hydrogens is 242 g/mol. The number of hydrogen-bond acceptors (Lipinski definition) is 3. The Balaban J connectivity index is 3.00. The normalized spacial score (nSPS) is 11.7. The Hall–Kier alpha value is -2.04. The van der Waals surface area contributed by atoms with Crippen molar-refractivity contribution in [2.24, 2.45) is 10.9 Å². The lowest BCUT2D eigenvalue weighted by molar-refractivity contribution is 0.0723. The summed E-state index contributed by atoms with van der Waals surface area (Å²) in [5.41, 5.74) is 6.60. The maximum absolute atomic E-state index is 12.3. The zero-order valence-electron chi connectivity index (χ0n) is 11.6. The van der Waals surface area contributed by atoms with Gasteiger partial charge in [-0.1, -0.05) is 31.1 Å². The van der Waals surface area contributed by atoms with Gasteiger partial charge in [-0.15, -0.1) is 0 Å². The summed E-state index contributed by atoms with van der Waals surface area (Å²) in [5.74, 6) is -0.0545. The topological polar surface area (TPSA) is 78.9 Å². The largest absolute Gasteiger partial charge is 0.409 e. The van der Waals surface area contributed by atoms with Crippen molar-refractivity contribution in [3.63, 3.8) is 0 Å². The van der Waals surface area contributed by atoms with Gasteiger partial charge >= 0.3 is 0 Å². The molecule has 3 N–H and O–H groups in total. The van der Waals surface area contributed by atoms with Crippen molar-refractivity contribution < 1.29 is 10.0 Å². The standard InChI is InChI=1S/C14H21N3O2/c1-4-12(5-2)17(3)14(18)11-8-6-7-10(9-11)13(15)16-19/h6-9,12,19H,4-5H2,1-3H3,(H2,15,16). The Bertz CT molecular complexity index is 468. The Morgan fingerprint density at radius 3 is 2.47 bits per heavy atom. The molecule has 0 saturated carbocycles. The fraction of sp³-hybridized carbons (Fsp3) is 0.429. The van der Waals surface area contributed by atoms with Crippen LogP contribution in [-0.4, -0.2) is 34.9 Å². The number of carbonyl (C=O) groups excluding carboxylic acids is 1. The smallest absolute Gasteiger partial charge is 0.253 e. The van der Waals surface area contributed by atoms with Crippen LogP contribution in [0.25, 0.3) is 0 Å². The highest BCUT2D eigenvalue weighted by Gasteiger charge is 2.18. The summed E-state index contributed by atoms with van der Waals surface area (Å²) in [7, 11) is 1.80. The number of nitrogens with zero attached hydrogens (tertiary/aromatic N) is 2. The van der Waals surface area contributed by atoms with Gasteiger partial charge in [0.15, 0.2) is 5.84 Å². The number of hydrogen-bond donors (Lipinski definition) is 2. The highest BCUT2D eigenvalue weighted by Crippen LogP contribution is 2.13. The average molecular weight is 263 g/mol. The fourth-order valence-corrected chi connectivity index (χ4v) is 2.08. The molecule has 0 spiro atoms. The molecule has 0 aliphatic heterocycles. The molecule has 0 unspecified atom stereocenters. The highest BCUT2D eigenvalue weighted by atomic mass is 16.4. The maximum Gasteiger partial charge on any atom is 0.253 e. The van der Waals surface area contributed by atoms with Gasteiger partial charge in [0.05, 0.1) is 0 Å². The van der Waals surface area contributed by atoms with Gasteiger partial charge < -0.3 is 15.8 Å². The van der Waals surface area contributed by atoms with Crippen molar-refractivity contribution in [3.8, 4) is 0 Å². The average Bonchev–Trinajstić information content (AvgIpc) is 2.46. The van der Waals surface area contributed by atoms with Gasteiger partial charge in [0, 0.05) is 24.2 Å². The lowest BCUT2D eigenvalue weighted by Gasteiger charge is -2.26. The number of benzene rings is 1. The second kappa shape index (κ2) is 6.78. The quantitative estimate of drug-likeness (QED) is 0.369. The molecule has 104 valence electrons. The second-order valence-corrected chi connectivity index (χ2v) is 4.45. The fourth-order valence-electron chi connectivity index (χ4n) is 2.08. The first-order valence-corrected chi connectivity index (χ1v) is 6.40. The molecule has 0 heterocycles. The van der Waals surface area contributed by atoms with E-state index in [9.17, 15) is 4.79 Å². The predicted molar refractivity (Wildman–Crippen MR) is 75.4 cm³/mol. The van der Waals surface area contributed by atoms with Gasteiger partial charge in [0.1, 0.15) is 0 Å². The maximum atomic E-state index is 12.3. The van der Waals surface area contributed by atoms with Crippen LogP contribution in [0.2, 0.25) is 0 Å². The van der Waals surface area contributed by atoms with Gasteiger partial charge in [-0.3, -0.25) is 4.79 Å². The van der Waals surface area contributed by atoms with Gasteiger partial charge in [-0.2, -0.15) is 0 Å². The molecule has 0 aromatic heterocycles. The van der Waals surface area contributed by atoms with Crippen molar-refractivity contribution in [3.05, 3.63) is 35.4 Å². The lowest BCUT2D eigenvalue weighted by atomic mass is 10.1. The van der Waals surface area contributed by atoms with Crippen molar-refractivity contribution in [1.82, 2.24) is 4.90 Å². The van der Waals surface area contributed by atoms with Crippen LogP contribution in [-0.2, 0) is 0 Å². The Labute approximate surface area is 113 Å². The third-order valence-electron chi connectivity index (χ3n) is 3.32. The summed E-state index contributed by atoms with van der Waals surface area (Å²) in [5, 5.41) is 11.6. The summed E-state index contributed by atoms with van der Waals surface area (Å²) in [6, 6.07) is 7.01. The van der Waals surface area contributed by atoms with E-state index in [2.05, 4.69) is 19.0 Å². The first-order valence-electron chi connectivity index (χ1n) is 6.40. The van der Waals surface area contributed by atoms with E-state index >= 15 is 0 Å². The minimum absolute atomic E-state index is 0.000152. The highest BCUT2D eigenvalue weighted by molar-refractivity contribution is 6.01. The molecule has 0 radical (unpaired) electrons. The van der Waals surface area contributed by atoms with Crippen LogP contribution in [0, 0.1) is 0 Å². The summed E-state index contributed by atoms with van der Waals surface area (Å²) in [6.07, 6.45) is 1.83. The molecule has 5 heteroatoms. The van der Waals surface area contributed by atoms with E-state index in [-0.39, 0.29) is 17.8 Å². The lowest BCUT2D eigenvalue weighted by Crippen LogP contribution is -2.36. The monoisotopic (exact) mass is 263 g/mol. The summed E-state index contributed by atoms with van der Waals surface area (Å²) in [4.78, 5) is 14.1. The molecular formula is C14H21N3O2. The Morgan fingerprint density at radius 2 is 1.95 bits per heavy atom. The van der Waals surface area contributed by atoms with E-state index in [0.717, 1.165) is 12.8 Å². The Morgan fingerprint density at radius 1 is 1.37 bits per heavy atom. The third-order valence-corrected chi connectivity index (χ3v) is 3.32. The molecule has 1 amide bonds. The van der Waals surface area contributed by atoms with E-state index in [1.165, 1.54) is 0 Å². The van der Waals surface area contributed by atoms with Crippen LogP contribution in [0.4, 0.5) is 0 Å². The van der Waals surface area contributed by atoms with Gasteiger partial charge in [0.25, 0.3) is 5.91 Å². The molecule has 19 heavy (non-hydrogen) atoms. The molecule has 0 saturated heterocycles. The second-order valence-electron chi connectivity index (χ2n) is 4.45. The number of nitrogens with two attached hydrogens (primary N) is 1. The Kier molecular flexibility index (Phi) is 5.36. The molecule has 5 nitrogen and oxygen atoms in total. The number of rotatable bonds is 5. The van der Waals surface area contributed by atoms with Crippen molar-refractivity contribution in [2.75, 3.05) is 7.05 Å². The van der Waals surface area contributed by atoms with Crippen LogP contribution in [0.15, 0.2) is 29.4 Å². The first-order chi connectivity index (χ1) is 9.04. The third kappa shape index (κ3) is 3.47. The predicted octanol–water partition coefficient (Wildman–Crippen LogP) is 2.04. The molecule has 1 aromatic carbocycles. The van der Waals surface area contributed by atoms with Crippen molar-refractivity contribution in [1.29, 1.82) is 0 Å². The zero-order chi connectivity index (χ0) is 14.4. The number of amidine groups is 1. The number of amides is 1. The molecule has 0 aliphatic rings. The molecule has 1 aromatic rings. The van der Waals surface area contributed by atoms with Crippen molar-refractivity contribution >= 4 is 11.7 Å². The van der Waals surface area contributed by atoms with Gasteiger partial charge in [0.2, 0.25) is 0 Å². The minimum Gasteiger partial charge on any atom is -0.409 e. The number of oxime groups is 1. The SMILES string of the molecule is CCC(CC)N(C)C(=O)c1cccc(/C(N)=N/O)c1. The minimum atomic E-state index is -0.0544. The van der Waals surface area contributed by atoms with E-state index in [1.807, 2.05) is 0 Å². The van der Waals surface area contributed by atoms with Crippen LogP contribution < -0.4 is 5.73 Å². The molecule has 0 aliphatic carbocycles. The van der Waals surface area contributed by atoms with Crippen molar-refractivity contribution in [2.45, 2.75) is 32.7 Å². The van der Waals surface area contributed by atoms with Gasteiger partial charge in [-0.25, -0.2) is 0 Å². The summed E-state index contributed by atoms with van der Waals surface area (Å²) >= 11 is 0. The van der Waals surface area contributed by atoms with Crippen LogP contribution in [0.3, 0.4) is 0 Å². The van der Waals surface area contributed by atoms with E-state index < -0.39 is 0 Å².